The maximum absolute atomic E-state index is 11.2. The molecular formula is C17H15N3O4S. The number of fused-ring (bicyclic) bond motifs is 1. The molecule has 0 aliphatic heterocycles. The van der Waals surface area contributed by atoms with Crippen LogP contribution in [0.15, 0.2) is 63.7 Å². The van der Waals surface area contributed by atoms with Crippen LogP contribution in [0.25, 0.3) is 10.8 Å². The molecule has 7 nitrogen and oxygen atoms in total. The first kappa shape index (κ1) is 16.9. The van der Waals surface area contributed by atoms with Gasteiger partial charge in [-0.25, -0.2) is 0 Å². The number of phenols is 1. The van der Waals surface area contributed by atoms with Crippen molar-refractivity contribution in [1.82, 2.24) is 0 Å². The fraction of sp³-hybridized carbons (Fsp3) is 0.0588. The highest BCUT2D eigenvalue weighted by molar-refractivity contribution is 7.85. The normalized spacial score (nSPS) is 12.1. The Morgan fingerprint density at radius 2 is 1.68 bits per heavy atom. The van der Waals surface area contributed by atoms with Crippen molar-refractivity contribution in [2.75, 3.05) is 5.73 Å². The Morgan fingerprint density at radius 1 is 1.00 bits per heavy atom. The van der Waals surface area contributed by atoms with Crippen LogP contribution in [0.4, 0.5) is 17.1 Å². The Bertz CT molecular complexity index is 1090. The van der Waals surface area contributed by atoms with E-state index in [4.69, 9.17) is 10.3 Å². The molecule has 0 radical (unpaired) electrons. The first-order valence-electron chi connectivity index (χ1n) is 7.27. The smallest absolute Gasteiger partial charge is 0.294 e. The number of anilines is 1. The Morgan fingerprint density at radius 3 is 2.32 bits per heavy atom. The molecule has 0 unspecified atom stereocenters. The molecule has 0 fully saturated rings. The number of phenolic OH excluding ortho intramolecular Hbond substituents is 1. The summed E-state index contributed by atoms with van der Waals surface area (Å²) in [6, 6.07) is 12.7. The number of nitrogen functional groups attached to an aromatic ring is 1. The van der Waals surface area contributed by atoms with Gasteiger partial charge in [0, 0.05) is 11.5 Å². The maximum Gasteiger partial charge on any atom is 0.294 e. The van der Waals surface area contributed by atoms with E-state index in [-0.39, 0.29) is 16.8 Å². The van der Waals surface area contributed by atoms with E-state index in [1.807, 2.05) is 31.2 Å². The minimum Gasteiger partial charge on any atom is -0.507 e. The summed E-state index contributed by atoms with van der Waals surface area (Å²) >= 11 is 0. The van der Waals surface area contributed by atoms with E-state index in [0.717, 1.165) is 11.6 Å². The molecule has 0 amide bonds. The molecule has 0 spiro atoms. The lowest BCUT2D eigenvalue weighted by Crippen LogP contribution is -1.98. The predicted octanol–water partition coefficient (Wildman–Crippen LogP) is 4.10. The van der Waals surface area contributed by atoms with Crippen molar-refractivity contribution in [3.05, 3.63) is 54.1 Å². The summed E-state index contributed by atoms with van der Waals surface area (Å²) in [6.45, 7) is 1.96. The molecule has 0 saturated carbocycles. The number of nitrogens with two attached hydrogens (primary N) is 1. The van der Waals surface area contributed by atoms with Gasteiger partial charge in [0.05, 0.1) is 16.3 Å². The molecule has 0 heterocycles. The number of aryl methyl sites for hydroxylation is 1. The van der Waals surface area contributed by atoms with Crippen molar-refractivity contribution in [2.24, 2.45) is 10.2 Å². The zero-order valence-corrected chi connectivity index (χ0v) is 14.0. The highest BCUT2D eigenvalue weighted by Gasteiger charge is 2.16. The van der Waals surface area contributed by atoms with E-state index in [9.17, 15) is 13.5 Å². The van der Waals surface area contributed by atoms with Gasteiger partial charge in [0.15, 0.2) is 0 Å². The molecule has 4 N–H and O–H groups in total. The number of hydrogen-bond donors (Lipinski definition) is 3. The maximum atomic E-state index is 11.2. The van der Waals surface area contributed by atoms with Gasteiger partial charge in [0.2, 0.25) is 0 Å². The topological polar surface area (TPSA) is 125 Å². The minimum absolute atomic E-state index is 0.160. The van der Waals surface area contributed by atoms with Crippen molar-refractivity contribution < 1.29 is 18.1 Å². The van der Waals surface area contributed by atoms with E-state index in [1.165, 1.54) is 6.07 Å². The van der Waals surface area contributed by atoms with Gasteiger partial charge in [0.25, 0.3) is 10.1 Å². The van der Waals surface area contributed by atoms with Gasteiger partial charge in [-0.2, -0.15) is 13.5 Å². The third kappa shape index (κ3) is 3.44. The van der Waals surface area contributed by atoms with Gasteiger partial charge in [-0.15, -0.1) is 5.11 Å². The van der Waals surface area contributed by atoms with Gasteiger partial charge < -0.3 is 10.8 Å². The molecule has 3 aromatic carbocycles. The molecule has 0 saturated heterocycles. The SMILES string of the molecule is Cc1ccc(N=Nc2ccc3cc(S(=O)(=O)O)cc(O)c3c2N)cc1. The number of benzene rings is 3. The van der Waals surface area contributed by atoms with Gasteiger partial charge in [0.1, 0.15) is 11.4 Å². The lowest BCUT2D eigenvalue weighted by molar-refractivity contribution is 0.471. The Labute approximate surface area is 144 Å². The van der Waals surface area contributed by atoms with E-state index in [2.05, 4.69) is 10.2 Å². The van der Waals surface area contributed by atoms with Gasteiger partial charge in [-0.3, -0.25) is 4.55 Å². The number of aromatic hydroxyl groups is 1. The summed E-state index contributed by atoms with van der Waals surface area (Å²) < 4.78 is 31.6. The third-order valence-electron chi connectivity index (χ3n) is 3.69. The van der Waals surface area contributed by atoms with E-state index < -0.39 is 15.0 Å². The fourth-order valence-electron chi connectivity index (χ4n) is 2.39. The first-order chi connectivity index (χ1) is 11.8. The van der Waals surface area contributed by atoms with E-state index >= 15 is 0 Å². The standard InChI is InChI=1S/C17H15N3O4S/c1-10-2-5-12(6-3-10)19-20-14-7-4-11-8-13(25(22,23)24)9-15(21)16(11)17(14)18/h2-9,21H,18H2,1H3,(H,22,23,24). The van der Waals surface area contributed by atoms with E-state index in [1.54, 1.807) is 12.1 Å². The highest BCUT2D eigenvalue weighted by Crippen LogP contribution is 2.38. The van der Waals surface area contributed by atoms with Crippen LogP contribution in [0.5, 0.6) is 5.75 Å². The predicted molar refractivity (Wildman–Crippen MR) is 95.2 cm³/mol. The summed E-state index contributed by atoms with van der Waals surface area (Å²) in [6.07, 6.45) is 0. The number of nitrogens with zero attached hydrogens (tertiary/aromatic N) is 2. The van der Waals surface area contributed by atoms with Crippen LogP contribution < -0.4 is 5.73 Å². The molecule has 0 aliphatic rings. The average molecular weight is 357 g/mol. The Hall–Kier alpha value is -2.97. The lowest BCUT2D eigenvalue weighted by atomic mass is 10.1. The van der Waals surface area contributed by atoms with Crippen LogP contribution in [-0.2, 0) is 10.1 Å². The van der Waals surface area contributed by atoms with Crippen molar-refractivity contribution >= 4 is 38.0 Å². The molecule has 128 valence electrons. The van der Waals surface area contributed by atoms with Crippen LogP contribution >= 0.6 is 0 Å². The van der Waals surface area contributed by atoms with Gasteiger partial charge in [-0.1, -0.05) is 23.8 Å². The van der Waals surface area contributed by atoms with Crippen LogP contribution in [0.1, 0.15) is 5.56 Å². The summed E-state index contributed by atoms with van der Waals surface area (Å²) in [5.74, 6) is -0.366. The zero-order valence-electron chi connectivity index (χ0n) is 13.2. The van der Waals surface area contributed by atoms with Crippen LogP contribution in [0.2, 0.25) is 0 Å². The summed E-state index contributed by atoms with van der Waals surface area (Å²) in [5, 5.41) is 18.9. The second-order valence-corrected chi connectivity index (χ2v) is 6.97. The molecule has 0 aromatic heterocycles. The average Bonchev–Trinajstić information content (AvgIpc) is 2.54. The monoisotopic (exact) mass is 357 g/mol. The number of azo groups is 1. The second kappa shape index (κ2) is 6.15. The van der Waals surface area contributed by atoms with Crippen molar-refractivity contribution in [3.8, 4) is 5.75 Å². The van der Waals surface area contributed by atoms with E-state index in [0.29, 0.717) is 16.8 Å². The molecule has 0 bridgehead atoms. The lowest BCUT2D eigenvalue weighted by Gasteiger charge is -2.08. The molecule has 0 aliphatic carbocycles. The van der Waals surface area contributed by atoms with Crippen LogP contribution in [0, 0.1) is 6.92 Å². The van der Waals surface area contributed by atoms with Crippen LogP contribution in [0.3, 0.4) is 0 Å². The van der Waals surface area contributed by atoms with Crippen molar-refractivity contribution in [3.63, 3.8) is 0 Å². The molecule has 3 rings (SSSR count). The zero-order chi connectivity index (χ0) is 18.2. The largest absolute Gasteiger partial charge is 0.507 e. The number of hydrogen-bond acceptors (Lipinski definition) is 6. The highest BCUT2D eigenvalue weighted by atomic mass is 32.2. The van der Waals surface area contributed by atoms with Gasteiger partial charge in [-0.05, 0) is 36.6 Å². The van der Waals surface area contributed by atoms with Gasteiger partial charge >= 0.3 is 0 Å². The Balaban J connectivity index is 2.08. The molecule has 3 aromatic rings. The fourth-order valence-corrected chi connectivity index (χ4v) is 2.93. The summed E-state index contributed by atoms with van der Waals surface area (Å²) in [4.78, 5) is -0.411. The summed E-state index contributed by atoms with van der Waals surface area (Å²) in [7, 11) is -4.43. The molecular weight excluding hydrogens is 342 g/mol. The minimum atomic E-state index is -4.43. The summed E-state index contributed by atoms with van der Waals surface area (Å²) in [5.41, 5.74) is 8.29. The Kier molecular flexibility index (Phi) is 4.15. The number of rotatable bonds is 3. The second-order valence-electron chi connectivity index (χ2n) is 5.55. The molecule has 8 heteroatoms. The van der Waals surface area contributed by atoms with Crippen LogP contribution in [-0.4, -0.2) is 18.1 Å². The van der Waals surface area contributed by atoms with Crippen molar-refractivity contribution in [1.29, 1.82) is 0 Å². The first-order valence-corrected chi connectivity index (χ1v) is 8.71. The molecule has 25 heavy (non-hydrogen) atoms. The third-order valence-corrected chi connectivity index (χ3v) is 4.52. The molecule has 0 atom stereocenters. The quantitative estimate of drug-likeness (QED) is 0.370. The van der Waals surface area contributed by atoms with Crippen molar-refractivity contribution in [2.45, 2.75) is 11.8 Å².